The summed E-state index contributed by atoms with van der Waals surface area (Å²) in [6.07, 6.45) is 11.7. The summed E-state index contributed by atoms with van der Waals surface area (Å²) in [6.45, 7) is 12.6. The van der Waals surface area contributed by atoms with Crippen LogP contribution in [-0.2, 0) is 0 Å². The fourth-order valence-electron chi connectivity index (χ4n) is 4.10. The van der Waals surface area contributed by atoms with Crippen molar-refractivity contribution < 1.29 is 0 Å². The Morgan fingerprint density at radius 1 is 0.750 bits per heavy atom. The second kappa shape index (κ2) is 9.04. The van der Waals surface area contributed by atoms with Crippen LogP contribution in [0.1, 0.15) is 65.2 Å². The molecule has 2 nitrogen and oxygen atoms in total. The topological polar surface area (TPSA) is 6.48 Å². The minimum atomic E-state index is 1.04. The summed E-state index contributed by atoms with van der Waals surface area (Å²) in [5, 5.41) is 0. The number of rotatable bonds is 7. The van der Waals surface area contributed by atoms with E-state index in [1.165, 1.54) is 90.6 Å². The zero-order valence-corrected chi connectivity index (χ0v) is 13.9. The van der Waals surface area contributed by atoms with Crippen molar-refractivity contribution in [2.24, 2.45) is 11.8 Å². The van der Waals surface area contributed by atoms with Crippen LogP contribution >= 0.6 is 0 Å². The minimum absolute atomic E-state index is 1.04. The third kappa shape index (κ3) is 5.37. The average Bonchev–Trinajstić information content (AvgIpc) is 2.50. The van der Waals surface area contributed by atoms with E-state index in [9.17, 15) is 0 Å². The molecule has 0 aliphatic carbocycles. The SMILES string of the molecule is CCCN1CCC(CCCC2CCN(CC)CC2)CC1. The van der Waals surface area contributed by atoms with Gasteiger partial charge in [-0.05, 0) is 83.2 Å². The Hall–Kier alpha value is -0.0800. The highest BCUT2D eigenvalue weighted by atomic mass is 15.1. The van der Waals surface area contributed by atoms with Crippen molar-refractivity contribution in [3.05, 3.63) is 0 Å². The van der Waals surface area contributed by atoms with Crippen LogP contribution in [0.15, 0.2) is 0 Å². The van der Waals surface area contributed by atoms with Crippen LogP contribution in [0.2, 0.25) is 0 Å². The molecule has 0 spiro atoms. The summed E-state index contributed by atoms with van der Waals surface area (Å²) in [7, 11) is 0. The van der Waals surface area contributed by atoms with Gasteiger partial charge in [-0.3, -0.25) is 0 Å². The second-order valence-corrected chi connectivity index (χ2v) is 7.09. The molecule has 0 N–H and O–H groups in total. The average molecular weight is 280 g/mol. The highest BCUT2D eigenvalue weighted by Crippen LogP contribution is 2.27. The molecule has 0 aromatic rings. The van der Waals surface area contributed by atoms with Gasteiger partial charge in [0.25, 0.3) is 0 Å². The van der Waals surface area contributed by atoms with Crippen LogP contribution in [0.5, 0.6) is 0 Å². The van der Waals surface area contributed by atoms with Crippen molar-refractivity contribution in [1.82, 2.24) is 9.80 Å². The molecule has 0 unspecified atom stereocenters. The van der Waals surface area contributed by atoms with Crippen molar-refractivity contribution in [2.45, 2.75) is 65.2 Å². The molecule has 0 atom stereocenters. The molecule has 2 heteroatoms. The van der Waals surface area contributed by atoms with E-state index in [1.807, 2.05) is 0 Å². The van der Waals surface area contributed by atoms with E-state index >= 15 is 0 Å². The van der Waals surface area contributed by atoms with Crippen molar-refractivity contribution in [1.29, 1.82) is 0 Å². The fraction of sp³-hybridized carbons (Fsp3) is 1.00. The molecule has 2 fully saturated rings. The van der Waals surface area contributed by atoms with Gasteiger partial charge >= 0.3 is 0 Å². The second-order valence-electron chi connectivity index (χ2n) is 7.09. The summed E-state index contributed by atoms with van der Waals surface area (Å²) in [5.74, 6) is 2.08. The monoisotopic (exact) mass is 280 g/mol. The molecule has 0 saturated carbocycles. The molecule has 20 heavy (non-hydrogen) atoms. The normalized spacial score (nSPS) is 24.3. The quantitative estimate of drug-likeness (QED) is 0.695. The summed E-state index contributed by atoms with van der Waals surface area (Å²) in [6, 6.07) is 0. The number of hydrogen-bond acceptors (Lipinski definition) is 2. The molecule has 0 radical (unpaired) electrons. The molecule has 0 amide bonds. The molecular formula is C18H36N2. The van der Waals surface area contributed by atoms with Gasteiger partial charge in [0.1, 0.15) is 0 Å². The van der Waals surface area contributed by atoms with E-state index < -0.39 is 0 Å². The Labute approximate surface area is 126 Å². The van der Waals surface area contributed by atoms with Gasteiger partial charge in [-0.2, -0.15) is 0 Å². The first-order chi connectivity index (χ1) is 9.81. The van der Waals surface area contributed by atoms with Gasteiger partial charge in [0.2, 0.25) is 0 Å². The van der Waals surface area contributed by atoms with E-state index in [0.717, 1.165) is 11.8 Å². The summed E-state index contributed by atoms with van der Waals surface area (Å²) >= 11 is 0. The molecule has 2 aliphatic heterocycles. The van der Waals surface area contributed by atoms with E-state index in [2.05, 4.69) is 23.6 Å². The lowest BCUT2D eigenvalue weighted by Crippen LogP contribution is -2.34. The first-order valence-electron chi connectivity index (χ1n) is 9.26. The van der Waals surface area contributed by atoms with Gasteiger partial charge < -0.3 is 9.80 Å². The lowest BCUT2D eigenvalue weighted by Gasteiger charge is -2.33. The van der Waals surface area contributed by atoms with E-state index in [4.69, 9.17) is 0 Å². The first kappa shape index (κ1) is 16.3. The van der Waals surface area contributed by atoms with Gasteiger partial charge in [-0.1, -0.05) is 33.1 Å². The molecular weight excluding hydrogens is 244 g/mol. The molecule has 0 aromatic heterocycles. The minimum Gasteiger partial charge on any atom is -0.304 e. The van der Waals surface area contributed by atoms with E-state index in [0.29, 0.717) is 0 Å². The van der Waals surface area contributed by atoms with Crippen molar-refractivity contribution in [2.75, 3.05) is 39.3 Å². The predicted octanol–water partition coefficient (Wildman–Crippen LogP) is 4.01. The van der Waals surface area contributed by atoms with Gasteiger partial charge in [-0.15, -0.1) is 0 Å². The molecule has 2 aliphatic rings. The maximum Gasteiger partial charge on any atom is -0.00161 e. The summed E-state index contributed by atoms with van der Waals surface area (Å²) in [4.78, 5) is 5.27. The number of hydrogen-bond donors (Lipinski definition) is 0. The highest BCUT2D eigenvalue weighted by molar-refractivity contribution is 4.74. The standard InChI is InChI=1S/C18H36N2/c1-3-12-20-15-10-18(11-16-20)7-5-6-17-8-13-19(4-2)14-9-17/h17-18H,3-16H2,1-2H3. The van der Waals surface area contributed by atoms with Gasteiger partial charge in [-0.25, -0.2) is 0 Å². The third-order valence-corrected chi connectivity index (χ3v) is 5.63. The van der Waals surface area contributed by atoms with Gasteiger partial charge in [0, 0.05) is 0 Å². The Bertz CT molecular complexity index is 238. The Balaban J connectivity index is 1.52. The maximum absolute atomic E-state index is 2.66. The Kier molecular flexibility index (Phi) is 7.37. The predicted molar refractivity (Wildman–Crippen MR) is 88.1 cm³/mol. The first-order valence-corrected chi connectivity index (χ1v) is 9.26. The molecule has 0 bridgehead atoms. The number of nitrogens with zero attached hydrogens (tertiary/aromatic N) is 2. The number of piperidine rings is 2. The van der Waals surface area contributed by atoms with Crippen LogP contribution in [-0.4, -0.2) is 49.1 Å². The molecule has 0 aromatic carbocycles. The van der Waals surface area contributed by atoms with E-state index in [-0.39, 0.29) is 0 Å². The van der Waals surface area contributed by atoms with Crippen molar-refractivity contribution in [3.63, 3.8) is 0 Å². The lowest BCUT2D eigenvalue weighted by molar-refractivity contribution is 0.165. The maximum atomic E-state index is 2.66. The largest absolute Gasteiger partial charge is 0.304 e. The number of likely N-dealkylation sites (tertiary alicyclic amines) is 2. The van der Waals surface area contributed by atoms with Crippen LogP contribution in [0.25, 0.3) is 0 Å². The molecule has 2 rings (SSSR count). The van der Waals surface area contributed by atoms with E-state index in [1.54, 1.807) is 0 Å². The molecule has 2 heterocycles. The van der Waals surface area contributed by atoms with Crippen LogP contribution < -0.4 is 0 Å². The van der Waals surface area contributed by atoms with Gasteiger partial charge in [0.15, 0.2) is 0 Å². The zero-order valence-electron chi connectivity index (χ0n) is 13.9. The van der Waals surface area contributed by atoms with Crippen LogP contribution in [0, 0.1) is 11.8 Å². The van der Waals surface area contributed by atoms with Crippen LogP contribution in [0.4, 0.5) is 0 Å². The van der Waals surface area contributed by atoms with Gasteiger partial charge in [0.05, 0.1) is 0 Å². The summed E-state index contributed by atoms with van der Waals surface area (Å²) < 4.78 is 0. The third-order valence-electron chi connectivity index (χ3n) is 5.63. The smallest absolute Gasteiger partial charge is 0.00161 e. The van der Waals surface area contributed by atoms with Crippen molar-refractivity contribution in [3.8, 4) is 0 Å². The Morgan fingerprint density at radius 3 is 1.70 bits per heavy atom. The highest BCUT2D eigenvalue weighted by Gasteiger charge is 2.20. The van der Waals surface area contributed by atoms with Crippen molar-refractivity contribution >= 4 is 0 Å². The molecule has 118 valence electrons. The molecule has 2 saturated heterocycles. The lowest BCUT2D eigenvalue weighted by atomic mass is 9.87. The Morgan fingerprint density at radius 2 is 1.25 bits per heavy atom. The van der Waals surface area contributed by atoms with Crippen LogP contribution in [0.3, 0.4) is 0 Å². The zero-order chi connectivity index (χ0) is 14.2. The fourth-order valence-corrected chi connectivity index (χ4v) is 4.10. The summed E-state index contributed by atoms with van der Waals surface area (Å²) in [5.41, 5.74) is 0.